The van der Waals surface area contributed by atoms with Gasteiger partial charge in [0.15, 0.2) is 0 Å². The van der Waals surface area contributed by atoms with Gasteiger partial charge in [-0.05, 0) is 18.4 Å². The monoisotopic (exact) mass is 277 g/mol. The van der Waals surface area contributed by atoms with E-state index >= 15 is 0 Å². The number of nitrogens with zero attached hydrogens (tertiary/aromatic N) is 1. The summed E-state index contributed by atoms with van der Waals surface area (Å²) in [5.41, 5.74) is 1.06. The van der Waals surface area contributed by atoms with E-state index in [1.54, 1.807) is 0 Å². The molecule has 1 amide bonds. The molecule has 5 nitrogen and oxygen atoms in total. The Morgan fingerprint density at radius 2 is 2.05 bits per heavy atom. The predicted octanol–water partition coefficient (Wildman–Crippen LogP) is 1.67. The van der Waals surface area contributed by atoms with Gasteiger partial charge in [0.05, 0.1) is 19.6 Å². The molecule has 20 heavy (non-hydrogen) atoms. The number of hydrogen-bond acceptors (Lipinski definition) is 3. The zero-order valence-corrected chi connectivity index (χ0v) is 11.3. The number of amides is 1. The predicted molar refractivity (Wildman–Crippen MR) is 73.1 cm³/mol. The van der Waals surface area contributed by atoms with Crippen LogP contribution in [0.1, 0.15) is 24.8 Å². The van der Waals surface area contributed by atoms with Crippen LogP contribution in [0.25, 0.3) is 0 Å². The number of ether oxygens (including phenoxy) is 1. The summed E-state index contributed by atoms with van der Waals surface area (Å²) < 4.78 is 5.45. The Bertz CT molecular complexity index is 460. The van der Waals surface area contributed by atoms with Crippen LogP contribution in [0, 0.1) is 0 Å². The first kappa shape index (κ1) is 14.5. The summed E-state index contributed by atoms with van der Waals surface area (Å²) >= 11 is 0. The molecule has 1 aliphatic heterocycles. The van der Waals surface area contributed by atoms with Gasteiger partial charge in [0, 0.05) is 6.54 Å². The third-order valence-electron chi connectivity index (χ3n) is 3.43. The molecule has 0 bridgehead atoms. The number of rotatable bonds is 6. The van der Waals surface area contributed by atoms with Gasteiger partial charge in [0.2, 0.25) is 5.91 Å². The fraction of sp³-hybridized carbons (Fsp3) is 0.467. The Morgan fingerprint density at radius 1 is 1.30 bits per heavy atom. The van der Waals surface area contributed by atoms with Gasteiger partial charge in [-0.3, -0.25) is 4.79 Å². The van der Waals surface area contributed by atoms with E-state index in [9.17, 15) is 9.59 Å². The molecule has 108 valence electrons. The highest BCUT2D eigenvalue weighted by molar-refractivity contribution is 5.84. The summed E-state index contributed by atoms with van der Waals surface area (Å²) in [5, 5.41) is 9.03. The first-order chi connectivity index (χ1) is 9.68. The lowest BCUT2D eigenvalue weighted by Gasteiger charge is -2.21. The molecule has 0 saturated carbocycles. The highest BCUT2D eigenvalue weighted by Gasteiger charge is 2.33. The number of carbonyl (C=O) groups excluding carboxylic acids is 1. The summed E-state index contributed by atoms with van der Waals surface area (Å²) in [7, 11) is 0. The average molecular weight is 277 g/mol. The fourth-order valence-electron chi connectivity index (χ4n) is 2.39. The third kappa shape index (κ3) is 3.81. The highest BCUT2D eigenvalue weighted by Crippen LogP contribution is 2.18. The van der Waals surface area contributed by atoms with E-state index in [1.165, 1.54) is 4.90 Å². The topological polar surface area (TPSA) is 66.8 Å². The molecule has 5 heteroatoms. The molecule has 1 heterocycles. The van der Waals surface area contributed by atoms with Crippen molar-refractivity contribution in [1.29, 1.82) is 0 Å². The number of hydrogen-bond donors (Lipinski definition) is 1. The van der Waals surface area contributed by atoms with Gasteiger partial charge in [-0.1, -0.05) is 30.3 Å². The van der Waals surface area contributed by atoms with Crippen molar-refractivity contribution < 1.29 is 19.4 Å². The van der Waals surface area contributed by atoms with E-state index in [0.717, 1.165) is 12.0 Å². The molecule has 2 rings (SSSR count). The Morgan fingerprint density at radius 3 is 2.75 bits per heavy atom. The molecule has 0 aromatic heterocycles. The van der Waals surface area contributed by atoms with E-state index in [1.807, 2.05) is 30.3 Å². The van der Waals surface area contributed by atoms with Gasteiger partial charge in [-0.25, -0.2) is 4.79 Å². The highest BCUT2D eigenvalue weighted by atomic mass is 16.5. The van der Waals surface area contributed by atoms with Crippen molar-refractivity contribution in [2.45, 2.75) is 31.9 Å². The van der Waals surface area contributed by atoms with Crippen LogP contribution in [0.5, 0.6) is 0 Å². The minimum absolute atomic E-state index is 0.136. The van der Waals surface area contributed by atoms with Crippen molar-refractivity contribution in [1.82, 2.24) is 4.90 Å². The molecule has 1 aliphatic rings. The van der Waals surface area contributed by atoms with Gasteiger partial charge in [0.1, 0.15) is 6.04 Å². The van der Waals surface area contributed by atoms with E-state index in [0.29, 0.717) is 26.2 Å². The molecule has 1 atom stereocenters. The second-order valence-corrected chi connectivity index (χ2v) is 4.87. The van der Waals surface area contributed by atoms with Crippen LogP contribution in [0.4, 0.5) is 0 Å². The molecule has 0 unspecified atom stereocenters. The Balaban J connectivity index is 1.71. The summed E-state index contributed by atoms with van der Waals surface area (Å²) in [4.78, 5) is 24.4. The Labute approximate surface area is 118 Å². The van der Waals surface area contributed by atoms with Crippen molar-refractivity contribution in [2.24, 2.45) is 0 Å². The quantitative estimate of drug-likeness (QED) is 0.803. The maximum absolute atomic E-state index is 12.0. The minimum atomic E-state index is -0.916. The van der Waals surface area contributed by atoms with Crippen molar-refractivity contribution in [3.63, 3.8) is 0 Å². The Hall–Kier alpha value is -1.88. The smallest absolute Gasteiger partial charge is 0.326 e. The van der Waals surface area contributed by atoms with Crippen LogP contribution in [0.3, 0.4) is 0 Å². The van der Waals surface area contributed by atoms with Crippen LogP contribution >= 0.6 is 0 Å². The molecular formula is C15H19NO4. The summed E-state index contributed by atoms with van der Waals surface area (Å²) in [6.07, 6.45) is 1.54. The third-order valence-corrected chi connectivity index (χ3v) is 3.43. The molecule has 1 fully saturated rings. The van der Waals surface area contributed by atoms with E-state index < -0.39 is 12.0 Å². The lowest BCUT2D eigenvalue weighted by Crippen LogP contribution is -2.40. The van der Waals surface area contributed by atoms with Crippen molar-refractivity contribution in [3.05, 3.63) is 35.9 Å². The zero-order valence-electron chi connectivity index (χ0n) is 11.3. The van der Waals surface area contributed by atoms with Crippen molar-refractivity contribution in [2.75, 3.05) is 13.2 Å². The van der Waals surface area contributed by atoms with Crippen LogP contribution in [-0.2, 0) is 20.9 Å². The molecule has 1 aromatic rings. The number of carbonyl (C=O) groups is 2. The number of benzene rings is 1. The summed E-state index contributed by atoms with van der Waals surface area (Å²) in [6, 6.07) is 9.08. The first-order valence-corrected chi connectivity index (χ1v) is 6.82. The normalized spacial score (nSPS) is 18.2. The Kier molecular flexibility index (Phi) is 5.12. The SMILES string of the molecule is O=C(O)[C@@H]1CCCN1C(=O)CCOCc1ccccc1. The second kappa shape index (κ2) is 7.05. The molecule has 1 N–H and O–H groups in total. The van der Waals surface area contributed by atoms with Gasteiger partial charge in [-0.15, -0.1) is 0 Å². The molecule has 1 aromatic carbocycles. The number of aliphatic carboxylic acids is 1. The number of carboxylic acid groups (broad SMARTS) is 1. The first-order valence-electron chi connectivity index (χ1n) is 6.82. The van der Waals surface area contributed by atoms with Crippen LogP contribution in [0.15, 0.2) is 30.3 Å². The van der Waals surface area contributed by atoms with Gasteiger partial charge < -0.3 is 14.7 Å². The van der Waals surface area contributed by atoms with Crippen molar-refractivity contribution in [3.8, 4) is 0 Å². The fourth-order valence-corrected chi connectivity index (χ4v) is 2.39. The molecule has 0 radical (unpaired) electrons. The van der Waals surface area contributed by atoms with E-state index in [2.05, 4.69) is 0 Å². The summed E-state index contributed by atoms with van der Waals surface area (Å²) in [6.45, 7) is 1.32. The van der Waals surface area contributed by atoms with Crippen LogP contribution in [-0.4, -0.2) is 41.1 Å². The van der Waals surface area contributed by atoms with E-state index in [-0.39, 0.29) is 12.3 Å². The van der Waals surface area contributed by atoms with Gasteiger partial charge in [0.25, 0.3) is 0 Å². The van der Waals surface area contributed by atoms with Crippen LogP contribution in [0.2, 0.25) is 0 Å². The van der Waals surface area contributed by atoms with Crippen molar-refractivity contribution >= 4 is 11.9 Å². The van der Waals surface area contributed by atoms with E-state index in [4.69, 9.17) is 9.84 Å². The molecule has 0 spiro atoms. The lowest BCUT2D eigenvalue weighted by atomic mass is 10.2. The maximum atomic E-state index is 12.0. The minimum Gasteiger partial charge on any atom is -0.480 e. The standard InChI is InChI=1S/C15H19NO4/c17-14(16-9-4-7-13(16)15(18)19)8-10-20-11-12-5-2-1-3-6-12/h1-3,5-6,13H,4,7-11H2,(H,18,19)/t13-/m0/s1. The summed E-state index contributed by atoms with van der Waals surface area (Å²) in [5.74, 6) is -1.05. The van der Waals surface area contributed by atoms with Crippen LogP contribution < -0.4 is 0 Å². The second-order valence-electron chi connectivity index (χ2n) is 4.87. The largest absolute Gasteiger partial charge is 0.480 e. The average Bonchev–Trinajstić information content (AvgIpc) is 2.94. The number of likely N-dealkylation sites (tertiary alicyclic amines) is 1. The maximum Gasteiger partial charge on any atom is 0.326 e. The molecule has 1 saturated heterocycles. The lowest BCUT2D eigenvalue weighted by molar-refractivity contribution is -0.148. The molecular weight excluding hydrogens is 258 g/mol. The van der Waals surface area contributed by atoms with Gasteiger partial charge >= 0.3 is 5.97 Å². The zero-order chi connectivity index (χ0) is 14.4. The molecule has 0 aliphatic carbocycles. The van der Waals surface area contributed by atoms with Gasteiger partial charge in [-0.2, -0.15) is 0 Å². The number of carboxylic acids is 1.